The summed E-state index contributed by atoms with van der Waals surface area (Å²) in [5.74, 6) is 3.10. The molecule has 0 aliphatic carbocycles. The highest BCUT2D eigenvalue weighted by atomic mass is 32.2. The maximum absolute atomic E-state index is 15.2. The van der Waals surface area contributed by atoms with Gasteiger partial charge in [-0.1, -0.05) is 19.9 Å². The number of hydrogen-bond donors (Lipinski definition) is 0. The SMILES string of the molecule is C=NN(/C=C\C(C)C)CC1CN(c2ccc(-c3cnc(N4CCSCC4)c(C)c3)c(F)c2)C(=O)O1. The number of carbonyl (C=O) groups is 1. The number of pyridine rings is 1. The lowest BCUT2D eigenvalue weighted by atomic mass is 10.0. The lowest BCUT2D eigenvalue weighted by Crippen LogP contribution is -2.33. The van der Waals surface area contributed by atoms with Crippen molar-refractivity contribution in [2.24, 2.45) is 11.0 Å². The van der Waals surface area contributed by atoms with E-state index in [2.05, 4.69) is 35.6 Å². The standard InChI is InChI=1S/C26H32FN5O2S/c1-18(2)7-8-31(28-4)16-22-17-32(26(33)34-22)21-5-6-23(24(27)14-21)20-13-19(3)25(29-15-20)30-9-11-35-12-10-30/h5-8,13-15,18,22H,4,9-12,16-17H2,1-3H3/b8-7-. The van der Waals surface area contributed by atoms with Crippen LogP contribution in [0.15, 0.2) is 47.8 Å². The Balaban J connectivity index is 1.47. The van der Waals surface area contributed by atoms with Crippen molar-refractivity contribution in [1.82, 2.24) is 9.99 Å². The fourth-order valence-corrected chi connectivity index (χ4v) is 5.10. The second kappa shape index (κ2) is 11.1. The Hall–Kier alpha value is -3.07. The molecule has 1 aromatic carbocycles. The van der Waals surface area contributed by atoms with Gasteiger partial charge in [-0.25, -0.2) is 14.2 Å². The molecule has 4 rings (SSSR count). The monoisotopic (exact) mass is 497 g/mol. The van der Waals surface area contributed by atoms with Crippen LogP contribution in [0.5, 0.6) is 0 Å². The molecule has 2 aromatic rings. The second-order valence-corrected chi connectivity index (χ2v) is 10.3. The van der Waals surface area contributed by atoms with Crippen molar-refractivity contribution in [2.45, 2.75) is 26.9 Å². The van der Waals surface area contributed by atoms with Crippen molar-refractivity contribution in [3.63, 3.8) is 0 Å². The van der Waals surface area contributed by atoms with Gasteiger partial charge in [0.05, 0.1) is 18.8 Å². The Bertz CT molecular complexity index is 1100. The predicted octanol–water partition coefficient (Wildman–Crippen LogP) is 5.16. The summed E-state index contributed by atoms with van der Waals surface area (Å²) in [4.78, 5) is 20.9. The Morgan fingerprint density at radius 3 is 2.77 bits per heavy atom. The zero-order valence-corrected chi connectivity index (χ0v) is 21.3. The topological polar surface area (TPSA) is 61.3 Å². The molecule has 1 unspecified atom stereocenters. The molecule has 0 bridgehead atoms. The molecule has 2 aliphatic rings. The third kappa shape index (κ3) is 5.96. The van der Waals surface area contributed by atoms with E-state index < -0.39 is 18.0 Å². The largest absolute Gasteiger partial charge is 0.442 e. The summed E-state index contributed by atoms with van der Waals surface area (Å²) in [5.41, 5.74) is 2.65. The number of amides is 1. The van der Waals surface area contributed by atoms with Gasteiger partial charge in [0, 0.05) is 54.8 Å². The van der Waals surface area contributed by atoms with Crippen molar-refractivity contribution in [3.05, 3.63) is 54.1 Å². The summed E-state index contributed by atoms with van der Waals surface area (Å²) < 4.78 is 20.7. The van der Waals surface area contributed by atoms with E-state index in [0.717, 1.165) is 36.0 Å². The van der Waals surface area contributed by atoms with Gasteiger partial charge in [0.1, 0.15) is 17.7 Å². The van der Waals surface area contributed by atoms with Crippen molar-refractivity contribution in [2.75, 3.05) is 47.5 Å². The number of hydrogen-bond acceptors (Lipinski definition) is 7. The number of rotatable bonds is 8. The number of anilines is 2. The first-order chi connectivity index (χ1) is 16.9. The first-order valence-electron chi connectivity index (χ1n) is 11.8. The van der Waals surface area contributed by atoms with E-state index in [1.165, 1.54) is 11.0 Å². The number of carbonyl (C=O) groups excluding carboxylic acids is 1. The van der Waals surface area contributed by atoms with Gasteiger partial charge in [-0.15, -0.1) is 0 Å². The van der Waals surface area contributed by atoms with E-state index in [1.807, 2.05) is 37.0 Å². The van der Waals surface area contributed by atoms with Gasteiger partial charge in [0.25, 0.3) is 0 Å². The average Bonchev–Trinajstić information content (AvgIpc) is 3.22. The molecule has 186 valence electrons. The first-order valence-corrected chi connectivity index (χ1v) is 13.0. The van der Waals surface area contributed by atoms with E-state index in [-0.39, 0.29) is 0 Å². The summed E-state index contributed by atoms with van der Waals surface area (Å²) in [5, 5.41) is 5.61. The van der Waals surface area contributed by atoms with Crippen LogP contribution in [0.2, 0.25) is 0 Å². The number of allylic oxidation sites excluding steroid dienone is 1. The molecule has 3 heterocycles. The minimum atomic E-state index is -0.499. The number of aromatic nitrogens is 1. The summed E-state index contributed by atoms with van der Waals surface area (Å²) in [7, 11) is 0. The van der Waals surface area contributed by atoms with Crippen LogP contribution in [0.25, 0.3) is 11.1 Å². The van der Waals surface area contributed by atoms with Crippen molar-refractivity contribution in [3.8, 4) is 11.1 Å². The van der Waals surface area contributed by atoms with E-state index >= 15 is 4.39 Å². The van der Waals surface area contributed by atoms with E-state index in [1.54, 1.807) is 23.3 Å². The fraction of sp³-hybridized carbons (Fsp3) is 0.423. The molecule has 0 spiro atoms. The summed E-state index contributed by atoms with van der Waals surface area (Å²) in [6.45, 7) is 12.3. The van der Waals surface area contributed by atoms with Crippen LogP contribution >= 0.6 is 11.8 Å². The zero-order chi connectivity index (χ0) is 24.9. The third-order valence-electron chi connectivity index (χ3n) is 6.03. The Morgan fingerprint density at radius 2 is 2.11 bits per heavy atom. The third-order valence-corrected chi connectivity index (χ3v) is 6.97. The minimum Gasteiger partial charge on any atom is -0.442 e. The molecule has 0 N–H and O–H groups in total. The second-order valence-electron chi connectivity index (χ2n) is 9.09. The fourth-order valence-electron chi connectivity index (χ4n) is 4.20. The van der Waals surface area contributed by atoms with Crippen LogP contribution in [0, 0.1) is 18.7 Å². The van der Waals surface area contributed by atoms with E-state index in [9.17, 15) is 4.79 Å². The van der Waals surface area contributed by atoms with Gasteiger partial charge in [0.2, 0.25) is 0 Å². The highest BCUT2D eigenvalue weighted by Crippen LogP contribution is 2.31. The first kappa shape index (κ1) is 25.0. The average molecular weight is 498 g/mol. The van der Waals surface area contributed by atoms with Gasteiger partial charge >= 0.3 is 6.09 Å². The lowest BCUT2D eigenvalue weighted by Gasteiger charge is -2.28. The zero-order valence-electron chi connectivity index (χ0n) is 20.5. The molecule has 2 fully saturated rings. The molecule has 1 aromatic heterocycles. The highest BCUT2D eigenvalue weighted by molar-refractivity contribution is 7.99. The number of nitrogens with zero attached hydrogens (tertiary/aromatic N) is 5. The number of hydrazone groups is 1. The molecule has 0 radical (unpaired) electrons. The summed E-state index contributed by atoms with van der Waals surface area (Å²) in [6, 6.07) is 6.80. The molecule has 9 heteroatoms. The Labute approximate surface area is 210 Å². The van der Waals surface area contributed by atoms with Crippen LogP contribution < -0.4 is 9.80 Å². The van der Waals surface area contributed by atoms with Crippen LogP contribution in [0.3, 0.4) is 0 Å². The van der Waals surface area contributed by atoms with Crippen molar-refractivity contribution < 1.29 is 13.9 Å². The van der Waals surface area contributed by atoms with Crippen LogP contribution in [-0.2, 0) is 4.74 Å². The normalized spacial score (nSPS) is 18.4. The molecular weight excluding hydrogens is 465 g/mol. The van der Waals surface area contributed by atoms with Gasteiger partial charge in [0.15, 0.2) is 0 Å². The number of benzene rings is 1. The lowest BCUT2D eigenvalue weighted by molar-refractivity contribution is 0.123. The number of ether oxygens (including phenoxy) is 1. The highest BCUT2D eigenvalue weighted by Gasteiger charge is 2.33. The smallest absolute Gasteiger partial charge is 0.414 e. The number of cyclic esters (lactones) is 1. The van der Waals surface area contributed by atoms with E-state index in [0.29, 0.717) is 35.8 Å². The number of aryl methyl sites for hydroxylation is 1. The van der Waals surface area contributed by atoms with Crippen LogP contribution in [0.1, 0.15) is 19.4 Å². The summed E-state index contributed by atoms with van der Waals surface area (Å²) in [6.07, 6.45) is 4.64. The minimum absolute atomic E-state index is 0.308. The van der Waals surface area contributed by atoms with Crippen molar-refractivity contribution >= 4 is 36.1 Å². The summed E-state index contributed by atoms with van der Waals surface area (Å²) >= 11 is 1.95. The van der Waals surface area contributed by atoms with Gasteiger partial charge in [-0.3, -0.25) is 9.91 Å². The predicted molar refractivity (Wildman–Crippen MR) is 142 cm³/mol. The quantitative estimate of drug-likeness (QED) is 0.371. The molecule has 2 saturated heterocycles. The molecule has 7 nitrogen and oxygen atoms in total. The van der Waals surface area contributed by atoms with Crippen molar-refractivity contribution in [1.29, 1.82) is 0 Å². The molecule has 1 atom stereocenters. The van der Waals surface area contributed by atoms with Gasteiger partial charge in [-0.2, -0.15) is 16.9 Å². The van der Waals surface area contributed by atoms with Crippen LogP contribution in [0.4, 0.5) is 20.7 Å². The number of thioether (sulfide) groups is 1. The van der Waals surface area contributed by atoms with Gasteiger partial charge in [-0.05, 0) is 42.7 Å². The Morgan fingerprint density at radius 1 is 1.34 bits per heavy atom. The number of halogens is 1. The van der Waals surface area contributed by atoms with E-state index in [4.69, 9.17) is 4.74 Å². The molecule has 35 heavy (non-hydrogen) atoms. The maximum Gasteiger partial charge on any atom is 0.414 e. The maximum atomic E-state index is 15.2. The molecule has 2 aliphatic heterocycles. The molecular formula is C26H32FN5O2S. The molecule has 0 saturated carbocycles. The Kier molecular flexibility index (Phi) is 7.95. The van der Waals surface area contributed by atoms with Gasteiger partial charge < -0.3 is 9.64 Å². The van der Waals surface area contributed by atoms with Crippen LogP contribution in [-0.4, -0.2) is 66.6 Å². The molecule has 1 amide bonds.